The van der Waals surface area contributed by atoms with Gasteiger partial charge < -0.3 is 15.5 Å². The summed E-state index contributed by atoms with van der Waals surface area (Å²) in [6.45, 7) is 0. The number of benzene rings is 3. The highest BCUT2D eigenvalue weighted by Crippen LogP contribution is 2.48. The SMILES string of the molecule is O=C1CCCC2=C1c1ccc3ccccc3c1N[C@H]2c1ccc(O)c(O)c1. The van der Waals surface area contributed by atoms with Crippen molar-refractivity contribution >= 4 is 27.8 Å². The van der Waals surface area contributed by atoms with Crippen LogP contribution in [0.4, 0.5) is 5.69 Å². The van der Waals surface area contributed by atoms with Crippen molar-refractivity contribution in [1.82, 2.24) is 0 Å². The minimum absolute atomic E-state index is 0.144. The third kappa shape index (κ3) is 2.40. The van der Waals surface area contributed by atoms with Gasteiger partial charge in [0, 0.05) is 22.9 Å². The molecule has 0 fully saturated rings. The van der Waals surface area contributed by atoms with Crippen molar-refractivity contribution < 1.29 is 15.0 Å². The number of phenolic OH excluding ortho intramolecular Hbond substituents is 2. The van der Waals surface area contributed by atoms with E-state index in [4.69, 9.17) is 0 Å². The molecular formula is C23H19NO3. The Morgan fingerprint density at radius 1 is 0.926 bits per heavy atom. The van der Waals surface area contributed by atoms with Gasteiger partial charge in [-0.05, 0) is 41.5 Å². The fourth-order valence-corrected chi connectivity index (χ4v) is 4.35. The van der Waals surface area contributed by atoms with Gasteiger partial charge in [-0.25, -0.2) is 0 Å². The number of carbonyl (C=O) groups is 1. The molecule has 5 rings (SSSR count). The van der Waals surface area contributed by atoms with Gasteiger partial charge in [0.2, 0.25) is 0 Å². The average Bonchev–Trinajstić information content (AvgIpc) is 2.69. The number of nitrogens with one attached hydrogen (secondary N) is 1. The quantitative estimate of drug-likeness (QED) is 0.541. The van der Waals surface area contributed by atoms with Crippen molar-refractivity contribution in [3.63, 3.8) is 0 Å². The third-order valence-electron chi connectivity index (χ3n) is 5.62. The highest BCUT2D eigenvalue weighted by Gasteiger charge is 2.34. The number of rotatable bonds is 1. The van der Waals surface area contributed by atoms with Crippen LogP contribution >= 0.6 is 0 Å². The number of anilines is 1. The standard InChI is InChI=1S/C23H19NO3/c25-18-11-9-14(12-20(18)27)22-16-6-3-7-19(26)21(16)17-10-8-13-4-1-2-5-15(13)23(17)24-22/h1-2,4-5,8-12,22,24-25,27H,3,6-7H2/t22-/m0/s1. The smallest absolute Gasteiger partial charge is 0.163 e. The molecule has 0 radical (unpaired) electrons. The number of hydrogen-bond donors (Lipinski definition) is 3. The molecule has 2 aliphatic rings. The molecule has 0 bridgehead atoms. The maximum atomic E-state index is 12.9. The lowest BCUT2D eigenvalue weighted by Crippen LogP contribution is -2.25. The van der Waals surface area contributed by atoms with Gasteiger partial charge in [0.05, 0.1) is 11.7 Å². The summed E-state index contributed by atoms with van der Waals surface area (Å²) < 4.78 is 0. The first-order chi connectivity index (χ1) is 13.1. The molecule has 0 unspecified atom stereocenters. The molecule has 1 aliphatic heterocycles. The van der Waals surface area contributed by atoms with E-state index in [2.05, 4.69) is 23.5 Å². The van der Waals surface area contributed by atoms with Crippen molar-refractivity contribution in [3.8, 4) is 11.5 Å². The summed E-state index contributed by atoms with van der Waals surface area (Å²) in [6.07, 6.45) is 2.24. The van der Waals surface area contributed by atoms with E-state index in [-0.39, 0.29) is 23.3 Å². The summed E-state index contributed by atoms with van der Waals surface area (Å²) >= 11 is 0. The Morgan fingerprint density at radius 3 is 2.63 bits per heavy atom. The Hall–Kier alpha value is -3.27. The monoisotopic (exact) mass is 357 g/mol. The third-order valence-corrected chi connectivity index (χ3v) is 5.62. The molecule has 1 atom stereocenters. The van der Waals surface area contributed by atoms with Crippen LogP contribution in [-0.4, -0.2) is 16.0 Å². The Morgan fingerprint density at radius 2 is 1.78 bits per heavy atom. The molecule has 1 heterocycles. The van der Waals surface area contributed by atoms with Crippen molar-refractivity contribution in [1.29, 1.82) is 0 Å². The second-order valence-corrected chi connectivity index (χ2v) is 7.21. The summed E-state index contributed by atoms with van der Waals surface area (Å²) in [7, 11) is 0. The molecule has 27 heavy (non-hydrogen) atoms. The average molecular weight is 357 g/mol. The zero-order valence-electron chi connectivity index (χ0n) is 14.7. The molecule has 4 nitrogen and oxygen atoms in total. The van der Waals surface area contributed by atoms with E-state index in [0.29, 0.717) is 6.42 Å². The summed E-state index contributed by atoms with van der Waals surface area (Å²) in [5.41, 5.74) is 4.65. The number of ketones is 1. The Bertz CT molecular complexity index is 1130. The predicted octanol–water partition coefficient (Wildman–Crippen LogP) is 4.92. The summed E-state index contributed by atoms with van der Waals surface area (Å²) in [6, 6.07) is 16.9. The lowest BCUT2D eigenvalue weighted by molar-refractivity contribution is -0.114. The topological polar surface area (TPSA) is 69.6 Å². The lowest BCUT2D eigenvalue weighted by atomic mass is 9.77. The van der Waals surface area contributed by atoms with E-state index in [0.717, 1.165) is 51.6 Å². The second kappa shape index (κ2) is 5.88. The molecule has 0 saturated heterocycles. The lowest BCUT2D eigenvalue weighted by Gasteiger charge is -2.35. The number of hydrogen-bond acceptors (Lipinski definition) is 4. The zero-order chi connectivity index (χ0) is 18.5. The van der Waals surface area contributed by atoms with Crippen molar-refractivity contribution in [2.24, 2.45) is 0 Å². The summed E-state index contributed by atoms with van der Waals surface area (Å²) in [5, 5.41) is 25.5. The van der Waals surface area contributed by atoms with Crippen LogP contribution < -0.4 is 5.32 Å². The van der Waals surface area contributed by atoms with E-state index < -0.39 is 0 Å². The molecule has 134 valence electrons. The number of carbonyl (C=O) groups excluding carboxylic acids is 1. The Balaban J connectivity index is 1.78. The molecule has 0 aromatic heterocycles. The van der Waals surface area contributed by atoms with Crippen molar-refractivity contribution in [2.75, 3.05) is 5.32 Å². The molecule has 0 amide bonds. The van der Waals surface area contributed by atoms with E-state index >= 15 is 0 Å². The van der Waals surface area contributed by atoms with Gasteiger partial charge in [0.1, 0.15) is 0 Å². The molecule has 4 heteroatoms. The first kappa shape index (κ1) is 15.9. The van der Waals surface area contributed by atoms with Crippen LogP contribution in [0.5, 0.6) is 11.5 Å². The normalized spacial score (nSPS) is 18.8. The van der Waals surface area contributed by atoms with E-state index in [1.54, 1.807) is 12.1 Å². The van der Waals surface area contributed by atoms with Crippen molar-refractivity contribution in [3.05, 3.63) is 71.3 Å². The molecule has 3 aromatic carbocycles. The van der Waals surface area contributed by atoms with Gasteiger partial charge in [-0.1, -0.05) is 42.5 Å². The first-order valence-electron chi connectivity index (χ1n) is 9.20. The van der Waals surface area contributed by atoms with Crippen LogP contribution in [0, 0.1) is 0 Å². The minimum atomic E-state index is -0.200. The molecule has 1 aliphatic carbocycles. The van der Waals surface area contributed by atoms with Crippen LogP contribution in [0.25, 0.3) is 16.3 Å². The summed E-state index contributed by atoms with van der Waals surface area (Å²) in [4.78, 5) is 12.9. The minimum Gasteiger partial charge on any atom is -0.504 e. The maximum absolute atomic E-state index is 12.9. The van der Waals surface area contributed by atoms with Crippen molar-refractivity contribution in [2.45, 2.75) is 25.3 Å². The van der Waals surface area contributed by atoms with Gasteiger partial charge in [-0.2, -0.15) is 0 Å². The number of Topliss-reactive ketones (excluding diaryl/α,β-unsaturated/α-hetero) is 1. The largest absolute Gasteiger partial charge is 0.504 e. The van der Waals surface area contributed by atoms with Crippen LogP contribution in [0.15, 0.2) is 60.2 Å². The molecule has 3 N–H and O–H groups in total. The number of fused-ring (bicyclic) bond motifs is 4. The van der Waals surface area contributed by atoms with Crippen LogP contribution in [-0.2, 0) is 4.79 Å². The first-order valence-corrected chi connectivity index (χ1v) is 9.20. The fourth-order valence-electron chi connectivity index (χ4n) is 4.35. The summed E-state index contributed by atoms with van der Waals surface area (Å²) in [5.74, 6) is -0.112. The zero-order valence-corrected chi connectivity index (χ0v) is 14.7. The highest BCUT2D eigenvalue weighted by atomic mass is 16.3. The molecule has 3 aromatic rings. The van der Waals surface area contributed by atoms with Gasteiger partial charge in [0.15, 0.2) is 17.3 Å². The second-order valence-electron chi connectivity index (χ2n) is 7.21. The van der Waals surface area contributed by atoms with Crippen LogP contribution in [0.2, 0.25) is 0 Å². The van der Waals surface area contributed by atoms with Gasteiger partial charge in [-0.15, -0.1) is 0 Å². The van der Waals surface area contributed by atoms with Crippen LogP contribution in [0.3, 0.4) is 0 Å². The molecule has 0 saturated carbocycles. The van der Waals surface area contributed by atoms with E-state index in [9.17, 15) is 15.0 Å². The van der Waals surface area contributed by atoms with Gasteiger partial charge in [-0.3, -0.25) is 4.79 Å². The predicted molar refractivity (Wildman–Crippen MR) is 106 cm³/mol. The van der Waals surface area contributed by atoms with Gasteiger partial charge >= 0.3 is 0 Å². The number of phenols is 2. The van der Waals surface area contributed by atoms with E-state index in [1.807, 2.05) is 18.2 Å². The van der Waals surface area contributed by atoms with Crippen LogP contribution in [0.1, 0.15) is 36.4 Å². The van der Waals surface area contributed by atoms with Gasteiger partial charge in [0.25, 0.3) is 0 Å². The Kier molecular flexibility index (Phi) is 3.47. The number of allylic oxidation sites excluding steroid dienone is 1. The maximum Gasteiger partial charge on any atom is 0.163 e. The highest BCUT2D eigenvalue weighted by molar-refractivity contribution is 6.26. The fraction of sp³-hybridized carbons (Fsp3) is 0.174. The number of aromatic hydroxyl groups is 2. The van der Waals surface area contributed by atoms with E-state index in [1.165, 1.54) is 6.07 Å². The Labute approximate surface area is 156 Å². The molecular weight excluding hydrogens is 338 g/mol. The molecule has 0 spiro atoms.